The van der Waals surface area contributed by atoms with Gasteiger partial charge in [0.25, 0.3) is 0 Å². The third-order valence-corrected chi connectivity index (χ3v) is 5.52. The first kappa shape index (κ1) is 15.0. The van der Waals surface area contributed by atoms with Gasteiger partial charge in [0, 0.05) is 37.5 Å². The Balaban J connectivity index is 1.40. The van der Waals surface area contributed by atoms with E-state index in [-0.39, 0.29) is 18.1 Å². The van der Waals surface area contributed by atoms with Crippen molar-refractivity contribution >= 4 is 5.91 Å². The van der Waals surface area contributed by atoms with Crippen molar-refractivity contribution in [2.45, 2.75) is 57.5 Å². The number of nitrogens with one attached hydrogen (secondary N) is 2. The number of hydrogen-bond acceptors (Lipinski definition) is 6. The molecular formula is C15H24N6O2. The highest BCUT2D eigenvalue weighted by Gasteiger charge is 2.39. The molecule has 0 saturated carbocycles. The first-order valence-electron chi connectivity index (χ1n) is 8.43. The summed E-state index contributed by atoms with van der Waals surface area (Å²) in [5.74, 6) is 0.556. The Morgan fingerprint density at radius 3 is 2.96 bits per heavy atom. The molecule has 3 aliphatic rings. The second-order valence-corrected chi connectivity index (χ2v) is 6.95. The zero-order valence-corrected chi connectivity index (χ0v) is 13.6. The van der Waals surface area contributed by atoms with E-state index in [1.807, 2.05) is 9.58 Å². The Morgan fingerprint density at radius 2 is 2.17 bits per heavy atom. The largest absolute Gasteiger partial charge is 0.368 e. The lowest BCUT2D eigenvalue weighted by molar-refractivity contribution is -0.140. The van der Waals surface area contributed by atoms with Crippen molar-refractivity contribution in [2.75, 3.05) is 13.1 Å². The summed E-state index contributed by atoms with van der Waals surface area (Å²) in [6.45, 7) is 6.19. The molecule has 2 saturated heterocycles. The van der Waals surface area contributed by atoms with Crippen molar-refractivity contribution < 1.29 is 9.53 Å². The van der Waals surface area contributed by atoms with Gasteiger partial charge in [0.2, 0.25) is 5.91 Å². The fourth-order valence-electron chi connectivity index (χ4n) is 4.01. The van der Waals surface area contributed by atoms with Crippen LogP contribution in [0.15, 0.2) is 6.20 Å². The van der Waals surface area contributed by atoms with E-state index in [9.17, 15) is 4.79 Å². The molecule has 2 unspecified atom stereocenters. The number of carbonyl (C=O) groups excluding carboxylic acids is 1. The minimum absolute atomic E-state index is 0.0246. The van der Waals surface area contributed by atoms with Crippen LogP contribution in [-0.2, 0) is 16.1 Å². The summed E-state index contributed by atoms with van der Waals surface area (Å²) in [5, 5.41) is 8.15. The lowest BCUT2D eigenvalue weighted by Crippen LogP contribution is -2.51. The van der Waals surface area contributed by atoms with Gasteiger partial charge >= 0.3 is 0 Å². The number of nitrogens with zero attached hydrogens (tertiary/aromatic N) is 4. The molecule has 0 bridgehead atoms. The van der Waals surface area contributed by atoms with Gasteiger partial charge < -0.3 is 9.64 Å². The van der Waals surface area contributed by atoms with Crippen LogP contribution >= 0.6 is 0 Å². The lowest BCUT2D eigenvalue weighted by Gasteiger charge is -2.41. The number of piperidine rings is 1. The molecule has 2 N–H and O–H groups in total. The average Bonchev–Trinajstić information content (AvgIpc) is 3.16. The number of ether oxygens (including phenoxy) is 1. The van der Waals surface area contributed by atoms with E-state index in [4.69, 9.17) is 4.74 Å². The van der Waals surface area contributed by atoms with E-state index in [0.29, 0.717) is 37.6 Å². The summed E-state index contributed by atoms with van der Waals surface area (Å²) in [4.78, 5) is 14.7. The molecule has 1 amide bonds. The Morgan fingerprint density at radius 1 is 1.39 bits per heavy atom. The highest BCUT2D eigenvalue weighted by molar-refractivity contribution is 5.76. The van der Waals surface area contributed by atoms with E-state index in [0.717, 1.165) is 18.7 Å². The number of fused-ring (bicyclic) bond motifs is 3. The van der Waals surface area contributed by atoms with Gasteiger partial charge in [0.05, 0.1) is 30.6 Å². The van der Waals surface area contributed by atoms with Crippen LogP contribution in [0.4, 0.5) is 0 Å². The SMILES string of the molecule is CC1NNC(C)C1CC(=O)N1CC[C@H]2[C@H](C1)OCc1cnnn12. The second kappa shape index (κ2) is 5.85. The Labute approximate surface area is 135 Å². The van der Waals surface area contributed by atoms with Gasteiger partial charge in [-0.3, -0.25) is 15.6 Å². The monoisotopic (exact) mass is 320 g/mol. The second-order valence-electron chi connectivity index (χ2n) is 6.95. The fraction of sp³-hybridized carbons (Fsp3) is 0.800. The Bertz CT molecular complexity index is 580. The van der Waals surface area contributed by atoms with E-state index in [1.54, 1.807) is 6.20 Å². The van der Waals surface area contributed by atoms with Crippen LogP contribution < -0.4 is 10.9 Å². The lowest BCUT2D eigenvalue weighted by atomic mass is 9.91. The summed E-state index contributed by atoms with van der Waals surface area (Å²) in [6.07, 6.45) is 3.24. The topological polar surface area (TPSA) is 84.3 Å². The summed E-state index contributed by atoms with van der Waals surface area (Å²) >= 11 is 0. The Hall–Kier alpha value is -1.51. The quantitative estimate of drug-likeness (QED) is 0.788. The first-order chi connectivity index (χ1) is 11.1. The molecule has 4 atom stereocenters. The van der Waals surface area contributed by atoms with Gasteiger partial charge in [-0.1, -0.05) is 5.21 Å². The van der Waals surface area contributed by atoms with Crippen molar-refractivity contribution in [2.24, 2.45) is 5.92 Å². The molecule has 0 spiro atoms. The fourth-order valence-corrected chi connectivity index (χ4v) is 4.01. The number of amides is 1. The van der Waals surface area contributed by atoms with Gasteiger partial charge in [0.15, 0.2) is 0 Å². The molecule has 126 valence electrons. The van der Waals surface area contributed by atoms with Crippen LogP contribution in [0, 0.1) is 5.92 Å². The molecule has 1 aromatic heterocycles. The van der Waals surface area contributed by atoms with Crippen LogP contribution in [-0.4, -0.2) is 57.1 Å². The van der Waals surface area contributed by atoms with Crippen LogP contribution in [0.3, 0.4) is 0 Å². The number of hydrazine groups is 1. The molecule has 0 radical (unpaired) electrons. The molecule has 3 aliphatic heterocycles. The van der Waals surface area contributed by atoms with Gasteiger partial charge in [-0.05, 0) is 20.3 Å². The Kier molecular flexibility index (Phi) is 3.82. The normalized spacial score (nSPS) is 36.6. The van der Waals surface area contributed by atoms with Gasteiger partial charge in [0.1, 0.15) is 0 Å². The third-order valence-electron chi connectivity index (χ3n) is 5.52. The van der Waals surface area contributed by atoms with Gasteiger partial charge in [-0.15, -0.1) is 5.10 Å². The minimum Gasteiger partial charge on any atom is -0.368 e. The number of aromatic nitrogens is 3. The molecule has 8 heteroatoms. The summed E-state index contributed by atoms with van der Waals surface area (Å²) in [5.41, 5.74) is 7.46. The predicted molar refractivity (Wildman–Crippen MR) is 82.1 cm³/mol. The molecule has 4 heterocycles. The van der Waals surface area contributed by atoms with Crippen LogP contribution in [0.5, 0.6) is 0 Å². The average molecular weight is 320 g/mol. The van der Waals surface area contributed by atoms with E-state index >= 15 is 0 Å². The van der Waals surface area contributed by atoms with Crippen LogP contribution in [0.25, 0.3) is 0 Å². The molecule has 0 aliphatic carbocycles. The van der Waals surface area contributed by atoms with Crippen molar-refractivity contribution in [3.63, 3.8) is 0 Å². The molecular weight excluding hydrogens is 296 g/mol. The maximum atomic E-state index is 12.7. The molecule has 0 aromatic carbocycles. The van der Waals surface area contributed by atoms with E-state index in [2.05, 4.69) is 35.0 Å². The van der Waals surface area contributed by atoms with E-state index in [1.165, 1.54) is 0 Å². The maximum absolute atomic E-state index is 12.7. The highest BCUT2D eigenvalue weighted by atomic mass is 16.5. The number of carbonyl (C=O) groups is 1. The number of rotatable bonds is 2. The van der Waals surface area contributed by atoms with Crippen molar-refractivity contribution in [1.82, 2.24) is 30.7 Å². The van der Waals surface area contributed by atoms with Gasteiger partial charge in [-0.25, -0.2) is 4.68 Å². The van der Waals surface area contributed by atoms with Crippen molar-refractivity contribution in [3.8, 4) is 0 Å². The zero-order valence-electron chi connectivity index (χ0n) is 13.6. The van der Waals surface area contributed by atoms with Crippen molar-refractivity contribution in [3.05, 3.63) is 11.9 Å². The third kappa shape index (κ3) is 2.64. The van der Waals surface area contributed by atoms with Gasteiger partial charge in [-0.2, -0.15) is 0 Å². The summed E-state index contributed by atoms with van der Waals surface area (Å²) in [7, 11) is 0. The molecule has 2 fully saturated rings. The predicted octanol–water partition coefficient (Wildman–Crippen LogP) is -0.159. The minimum atomic E-state index is 0.0246. The smallest absolute Gasteiger partial charge is 0.223 e. The van der Waals surface area contributed by atoms with E-state index < -0.39 is 0 Å². The zero-order chi connectivity index (χ0) is 16.0. The molecule has 23 heavy (non-hydrogen) atoms. The number of hydrogen-bond donors (Lipinski definition) is 2. The molecule has 1 aromatic rings. The summed E-state index contributed by atoms with van der Waals surface area (Å²) in [6, 6.07) is 0.836. The van der Waals surface area contributed by atoms with Crippen LogP contribution in [0.1, 0.15) is 38.4 Å². The molecule has 8 nitrogen and oxygen atoms in total. The number of likely N-dealkylation sites (tertiary alicyclic amines) is 1. The first-order valence-corrected chi connectivity index (χ1v) is 8.43. The van der Waals surface area contributed by atoms with Crippen LogP contribution in [0.2, 0.25) is 0 Å². The molecule has 4 rings (SSSR count). The maximum Gasteiger partial charge on any atom is 0.223 e. The van der Waals surface area contributed by atoms with Crippen molar-refractivity contribution in [1.29, 1.82) is 0 Å². The standard InChI is InChI=1S/C15H24N6O2/c1-9-12(10(2)18-17-9)5-15(22)20-4-3-13-14(7-20)23-8-11-6-16-19-21(11)13/h6,9-10,12-14,17-18H,3-5,7-8H2,1-2H3/t9?,10?,12?,13-,14-/m0/s1. The summed E-state index contributed by atoms with van der Waals surface area (Å²) < 4.78 is 7.92. The highest BCUT2D eigenvalue weighted by Crippen LogP contribution is 2.31.